The molecule has 1 aliphatic carbocycles. The van der Waals surface area contributed by atoms with Crippen LogP contribution in [0.3, 0.4) is 0 Å². The summed E-state index contributed by atoms with van der Waals surface area (Å²) in [6.45, 7) is 0.842. The number of hydrogen-bond donors (Lipinski definition) is 2. The van der Waals surface area contributed by atoms with Gasteiger partial charge in [0.15, 0.2) is 5.82 Å². The molecule has 0 atom stereocenters. The Morgan fingerprint density at radius 1 is 1.09 bits per heavy atom. The molecule has 0 spiro atoms. The van der Waals surface area contributed by atoms with Crippen molar-refractivity contribution in [2.75, 3.05) is 23.3 Å². The van der Waals surface area contributed by atoms with Crippen LogP contribution in [0.15, 0.2) is 48.8 Å². The smallest absolute Gasteiger partial charge is 0.370 e. The van der Waals surface area contributed by atoms with E-state index < -0.39 is 24.1 Å². The van der Waals surface area contributed by atoms with Gasteiger partial charge < -0.3 is 15.2 Å². The molecule has 3 heterocycles. The number of nitrogens with one attached hydrogen (secondary N) is 2. The average molecular weight is 651 g/mol. The van der Waals surface area contributed by atoms with Gasteiger partial charge in [-0.3, -0.25) is 9.69 Å². The van der Waals surface area contributed by atoms with E-state index in [4.69, 9.17) is 5.26 Å². The Morgan fingerprint density at radius 2 is 1.89 bits per heavy atom. The first-order chi connectivity index (χ1) is 22.5. The highest BCUT2D eigenvalue weighted by molar-refractivity contribution is 6.10. The molecule has 2 N–H and O–H groups in total. The number of aryl methyl sites for hydroxylation is 1. The number of nitriles is 1. The van der Waals surface area contributed by atoms with Crippen molar-refractivity contribution in [3.63, 3.8) is 0 Å². The summed E-state index contributed by atoms with van der Waals surface area (Å²) in [5.41, 5.74) is 0.201. The number of halogens is 5. The minimum absolute atomic E-state index is 0.0411. The maximum atomic E-state index is 14.3. The van der Waals surface area contributed by atoms with Gasteiger partial charge in [0.05, 0.1) is 18.2 Å². The number of alkyl halides is 5. The summed E-state index contributed by atoms with van der Waals surface area (Å²) in [4.78, 5) is 19.6. The van der Waals surface area contributed by atoms with Crippen LogP contribution >= 0.6 is 0 Å². The Morgan fingerprint density at radius 3 is 2.57 bits per heavy atom. The monoisotopic (exact) mass is 650 g/mol. The van der Waals surface area contributed by atoms with Gasteiger partial charge in [-0.15, -0.1) is 10.2 Å². The number of pyridine rings is 1. The van der Waals surface area contributed by atoms with Gasteiger partial charge in [0.25, 0.3) is 12.3 Å². The molecule has 9 nitrogen and oxygen atoms in total. The lowest BCUT2D eigenvalue weighted by Gasteiger charge is -2.19. The summed E-state index contributed by atoms with van der Waals surface area (Å²) in [6, 6.07) is 11.9. The molecule has 6 rings (SSSR count). The number of hydrogen-bond acceptors (Lipinski definition) is 7. The fourth-order valence-electron chi connectivity index (χ4n) is 5.69. The van der Waals surface area contributed by atoms with E-state index in [2.05, 4.69) is 31.9 Å². The van der Waals surface area contributed by atoms with Crippen LogP contribution in [0.2, 0.25) is 0 Å². The van der Waals surface area contributed by atoms with E-state index in [1.54, 1.807) is 17.7 Å². The molecule has 0 bridgehead atoms. The van der Waals surface area contributed by atoms with Gasteiger partial charge in [-0.1, -0.05) is 12.1 Å². The molecule has 1 amide bonds. The fraction of sp³-hybridized carbons (Fsp3) is 0.364. The second-order valence-corrected chi connectivity index (χ2v) is 11.8. The molecular weight excluding hydrogens is 619 g/mol. The Bertz CT molecular complexity index is 1840. The van der Waals surface area contributed by atoms with E-state index in [9.17, 15) is 26.7 Å². The topological polar surface area (TPSA) is 112 Å². The van der Waals surface area contributed by atoms with E-state index in [1.165, 1.54) is 41.6 Å². The minimum atomic E-state index is -4.70. The number of anilines is 2. The third kappa shape index (κ3) is 6.95. The third-order valence-corrected chi connectivity index (χ3v) is 8.28. The van der Waals surface area contributed by atoms with Gasteiger partial charge in [-0.25, -0.2) is 13.8 Å². The van der Waals surface area contributed by atoms with Crippen LogP contribution in [0, 0.1) is 17.2 Å². The maximum absolute atomic E-state index is 14.3. The lowest BCUT2D eigenvalue weighted by Crippen LogP contribution is -2.24. The predicted molar refractivity (Wildman–Crippen MR) is 164 cm³/mol. The molecule has 1 saturated carbocycles. The maximum Gasteiger partial charge on any atom is 0.416 e. The molecule has 2 aliphatic rings. The lowest BCUT2D eigenvalue weighted by molar-refractivity contribution is -0.138. The standard InChI is InChI=1S/C33H31F5N8O/c1-45-18-42-44-31(45)23-7-6-21(30(34)35)12-24(23)22-13-28(41-9-3-2-8-39)43-29(14-22)46-17-26-25(32(46)47)10-20(11-27(26)33(36,37)38)16-40-15-19-4-5-19/h6-7,10-14,18-19,30,40H,2-5,9,15-17H2,1H3,(H,41,43). The van der Waals surface area contributed by atoms with Crippen LogP contribution in [-0.4, -0.2) is 38.7 Å². The van der Waals surface area contributed by atoms with Gasteiger partial charge >= 0.3 is 6.18 Å². The van der Waals surface area contributed by atoms with Crippen molar-refractivity contribution in [1.82, 2.24) is 25.1 Å². The van der Waals surface area contributed by atoms with E-state index in [0.29, 0.717) is 53.5 Å². The highest BCUT2D eigenvalue weighted by atomic mass is 19.4. The van der Waals surface area contributed by atoms with Crippen molar-refractivity contribution in [1.29, 1.82) is 5.26 Å². The number of benzene rings is 2. The summed E-state index contributed by atoms with van der Waals surface area (Å²) >= 11 is 0. The first-order valence-corrected chi connectivity index (χ1v) is 15.2. The highest BCUT2D eigenvalue weighted by Gasteiger charge is 2.41. The van der Waals surface area contributed by atoms with Gasteiger partial charge in [0.1, 0.15) is 18.0 Å². The Balaban J connectivity index is 1.43. The molecule has 2 aromatic carbocycles. The molecule has 0 saturated heterocycles. The molecule has 4 aromatic rings. The Kier molecular flexibility index (Phi) is 8.92. The van der Waals surface area contributed by atoms with Gasteiger partial charge in [-0.2, -0.15) is 18.4 Å². The number of amides is 1. The average Bonchev–Trinajstić information content (AvgIpc) is 3.67. The summed E-state index contributed by atoms with van der Waals surface area (Å²) in [5, 5.41) is 23.3. The second kappa shape index (κ2) is 13.1. The number of unbranched alkanes of at least 4 members (excludes halogenated alkanes) is 1. The predicted octanol–water partition coefficient (Wildman–Crippen LogP) is 6.88. The fourth-order valence-corrected chi connectivity index (χ4v) is 5.69. The summed E-state index contributed by atoms with van der Waals surface area (Å²) in [7, 11) is 1.70. The Labute approximate surface area is 267 Å². The summed E-state index contributed by atoms with van der Waals surface area (Å²) < 4.78 is 72.5. The molecule has 14 heteroatoms. The molecule has 1 fully saturated rings. The van der Waals surface area contributed by atoms with Crippen molar-refractivity contribution in [3.05, 3.63) is 76.6 Å². The van der Waals surface area contributed by atoms with Crippen LogP contribution in [0.1, 0.15) is 64.7 Å². The number of carbonyl (C=O) groups excluding carboxylic acids is 1. The number of fused-ring (bicyclic) bond motifs is 1. The summed E-state index contributed by atoms with van der Waals surface area (Å²) in [5.74, 6) is 0.570. The molecule has 1 aliphatic heterocycles. The number of nitrogens with zero attached hydrogens (tertiary/aromatic N) is 6. The first kappa shape index (κ1) is 32.1. The normalized spacial score (nSPS) is 14.5. The van der Waals surface area contributed by atoms with Crippen molar-refractivity contribution < 1.29 is 26.7 Å². The molecule has 0 radical (unpaired) electrons. The first-order valence-electron chi connectivity index (χ1n) is 15.2. The molecule has 2 aromatic heterocycles. The molecule has 0 unspecified atom stereocenters. The zero-order valence-corrected chi connectivity index (χ0v) is 25.4. The van der Waals surface area contributed by atoms with Gasteiger partial charge in [-0.05, 0) is 84.3 Å². The third-order valence-electron chi connectivity index (χ3n) is 8.28. The highest BCUT2D eigenvalue weighted by Crippen LogP contribution is 2.41. The van der Waals surface area contributed by atoms with Crippen LogP contribution < -0.4 is 15.5 Å². The van der Waals surface area contributed by atoms with E-state index in [-0.39, 0.29) is 47.8 Å². The molecular formula is C33H31F5N8O. The largest absolute Gasteiger partial charge is 0.416 e. The van der Waals surface area contributed by atoms with Crippen LogP contribution in [0.5, 0.6) is 0 Å². The van der Waals surface area contributed by atoms with E-state index >= 15 is 0 Å². The van der Waals surface area contributed by atoms with E-state index in [1.807, 2.05) is 0 Å². The van der Waals surface area contributed by atoms with Crippen molar-refractivity contribution >= 4 is 17.5 Å². The second-order valence-electron chi connectivity index (χ2n) is 11.8. The van der Waals surface area contributed by atoms with Crippen LogP contribution in [0.4, 0.5) is 33.6 Å². The quantitative estimate of drug-likeness (QED) is 0.127. The number of carbonyl (C=O) groups is 1. The summed E-state index contributed by atoms with van der Waals surface area (Å²) in [6.07, 6.45) is -3.09. The molecule has 244 valence electrons. The molecule has 47 heavy (non-hydrogen) atoms. The minimum Gasteiger partial charge on any atom is -0.370 e. The van der Waals surface area contributed by atoms with Gasteiger partial charge in [0, 0.05) is 43.2 Å². The number of aromatic nitrogens is 4. The zero-order valence-electron chi connectivity index (χ0n) is 25.4. The van der Waals surface area contributed by atoms with Crippen molar-refractivity contribution in [2.45, 2.75) is 51.4 Å². The zero-order chi connectivity index (χ0) is 33.3. The van der Waals surface area contributed by atoms with E-state index in [0.717, 1.165) is 18.9 Å². The van der Waals surface area contributed by atoms with Crippen molar-refractivity contribution in [3.8, 4) is 28.6 Å². The number of rotatable bonds is 12. The Hall–Kier alpha value is -4.90. The van der Waals surface area contributed by atoms with Crippen LogP contribution in [0.25, 0.3) is 22.5 Å². The SMILES string of the molecule is Cn1cnnc1-c1ccc(C(F)F)cc1-c1cc(NCCCC#N)nc(N2Cc3c(cc(CNCC4CC4)cc3C(F)(F)F)C2=O)c1. The van der Waals surface area contributed by atoms with Crippen molar-refractivity contribution in [2.24, 2.45) is 13.0 Å². The van der Waals surface area contributed by atoms with Gasteiger partial charge in [0.2, 0.25) is 0 Å². The van der Waals surface area contributed by atoms with Crippen LogP contribution in [-0.2, 0) is 26.3 Å². The lowest BCUT2D eigenvalue weighted by atomic mass is 9.97.